The Kier molecular flexibility index (Phi) is 6.00. The first-order chi connectivity index (χ1) is 14.9. The monoisotopic (exact) mass is 430 g/mol. The molecule has 2 aromatic carbocycles. The lowest BCUT2D eigenvalue weighted by Gasteiger charge is -2.36. The minimum absolute atomic E-state index is 0.0231. The number of halogens is 3. The summed E-state index contributed by atoms with van der Waals surface area (Å²) in [5.41, 5.74) is 0.667. The van der Waals surface area contributed by atoms with Gasteiger partial charge in [0.2, 0.25) is 0 Å². The summed E-state index contributed by atoms with van der Waals surface area (Å²) in [6.07, 6.45) is -3.67. The summed E-state index contributed by atoms with van der Waals surface area (Å²) in [7, 11) is 0. The van der Waals surface area contributed by atoms with Crippen LogP contribution in [-0.4, -0.2) is 47.2 Å². The highest BCUT2D eigenvalue weighted by atomic mass is 19.4. The van der Waals surface area contributed by atoms with Crippen molar-refractivity contribution in [1.29, 1.82) is 0 Å². The van der Waals surface area contributed by atoms with Crippen molar-refractivity contribution in [3.8, 4) is 0 Å². The van der Waals surface area contributed by atoms with Crippen molar-refractivity contribution in [3.63, 3.8) is 0 Å². The summed E-state index contributed by atoms with van der Waals surface area (Å²) in [5.74, 6) is 0.770. The Morgan fingerprint density at radius 1 is 0.968 bits per heavy atom. The molecule has 0 unspecified atom stereocenters. The van der Waals surface area contributed by atoms with Crippen LogP contribution >= 0.6 is 0 Å². The summed E-state index contributed by atoms with van der Waals surface area (Å²) in [6.45, 7) is 5.98. The Morgan fingerprint density at radius 2 is 1.71 bits per heavy atom. The van der Waals surface area contributed by atoms with Gasteiger partial charge in [-0.3, -0.25) is 14.3 Å². The second-order valence-corrected chi connectivity index (χ2v) is 7.73. The van der Waals surface area contributed by atoms with E-state index < -0.39 is 11.7 Å². The number of piperazine rings is 1. The highest BCUT2D eigenvalue weighted by Gasteiger charge is 2.31. The molecule has 1 saturated heterocycles. The standard InChI is InChI=1S/C23H25F3N4O/c1-2-21-27-20-9-4-3-8-19(20)22(31)30(21)15-12-28-10-13-29(14-11-28)18-7-5-6-17(16-18)23(24,25)26/h3-9,16H,2,10-15H2,1H3. The van der Waals surface area contributed by atoms with Crippen LogP contribution in [0.5, 0.6) is 0 Å². The Bertz CT molecular complexity index is 1120. The molecular formula is C23H25F3N4O. The average molecular weight is 430 g/mol. The number of hydrogen-bond donors (Lipinski definition) is 0. The lowest BCUT2D eigenvalue weighted by Crippen LogP contribution is -2.47. The molecule has 2 heterocycles. The first-order valence-corrected chi connectivity index (χ1v) is 10.5. The molecule has 1 aliphatic heterocycles. The van der Waals surface area contributed by atoms with Crippen LogP contribution in [0.4, 0.5) is 18.9 Å². The molecule has 1 aromatic heterocycles. The summed E-state index contributed by atoms with van der Waals surface area (Å²) < 4.78 is 40.7. The summed E-state index contributed by atoms with van der Waals surface area (Å²) in [6, 6.07) is 12.9. The molecule has 3 aromatic rings. The quantitative estimate of drug-likeness (QED) is 0.618. The van der Waals surface area contributed by atoms with Crippen molar-refractivity contribution in [2.45, 2.75) is 26.1 Å². The second kappa shape index (κ2) is 8.70. The molecule has 31 heavy (non-hydrogen) atoms. The molecule has 5 nitrogen and oxygen atoms in total. The molecule has 0 aliphatic carbocycles. The maximum atomic E-state index is 13.0. The van der Waals surface area contributed by atoms with E-state index in [0.29, 0.717) is 43.7 Å². The van der Waals surface area contributed by atoms with Gasteiger partial charge >= 0.3 is 6.18 Å². The number of benzene rings is 2. The van der Waals surface area contributed by atoms with Gasteiger partial charge in [0.15, 0.2) is 0 Å². The van der Waals surface area contributed by atoms with Crippen LogP contribution in [0.15, 0.2) is 53.3 Å². The third-order valence-electron chi connectivity index (χ3n) is 5.81. The van der Waals surface area contributed by atoms with Gasteiger partial charge in [0, 0.05) is 51.4 Å². The van der Waals surface area contributed by atoms with Crippen LogP contribution in [0.25, 0.3) is 10.9 Å². The molecule has 0 saturated carbocycles. The fourth-order valence-electron chi connectivity index (χ4n) is 4.06. The first kappa shape index (κ1) is 21.4. The molecule has 164 valence electrons. The number of alkyl halides is 3. The van der Waals surface area contributed by atoms with Crippen molar-refractivity contribution in [2.75, 3.05) is 37.6 Å². The highest BCUT2D eigenvalue weighted by Crippen LogP contribution is 2.31. The number of para-hydroxylation sites is 1. The van der Waals surface area contributed by atoms with Gasteiger partial charge in [-0.05, 0) is 30.3 Å². The van der Waals surface area contributed by atoms with E-state index in [1.165, 1.54) is 12.1 Å². The smallest absolute Gasteiger partial charge is 0.369 e. The summed E-state index contributed by atoms with van der Waals surface area (Å²) >= 11 is 0. The molecule has 0 amide bonds. The molecule has 4 rings (SSSR count). The van der Waals surface area contributed by atoms with E-state index in [4.69, 9.17) is 0 Å². The number of fused-ring (bicyclic) bond motifs is 1. The molecule has 1 fully saturated rings. The highest BCUT2D eigenvalue weighted by molar-refractivity contribution is 5.77. The molecular weight excluding hydrogens is 405 g/mol. The third-order valence-corrected chi connectivity index (χ3v) is 5.81. The van der Waals surface area contributed by atoms with Gasteiger partial charge < -0.3 is 4.90 Å². The predicted octanol–water partition coefficient (Wildman–Crippen LogP) is 3.80. The second-order valence-electron chi connectivity index (χ2n) is 7.73. The predicted molar refractivity (Wildman–Crippen MR) is 115 cm³/mol. The molecule has 1 aliphatic rings. The van der Waals surface area contributed by atoms with Gasteiger partial charge in [-0.25, -0.2) is 4.98 Å². The van der Waals surface area contributed by atoms with E-state index in [2.05, 4.69) is 9.88 Å². The van der Waals surface area contributed by atoms with Crippen LogP contribution in [0, 0.1) is 0 Å². The molecule has 0 N–H and O–H groups in total. The molecule has 0 atom stereocenters. The van der Waals surface area contributed by atoms with E-state index in [1.807, 2.05) is 30.0 Å². The zero-order valence-electron chi connectivity index (χ0n) is 17.4. The van der Waals surface area contributed by atoms with Crippen molar-refractivity contribution >= 4 is 16.6 Å². The minimum Gasteiger partial charge on any atom is -0.369 e. The lowest BCUT2D eigenvalue weighted by atomic mass is 10.1. The van der Waals surface area contributed by atoms with Crippen molar-refractivity contribution in [1.82, 2.24) is 14.5 Å². The molecule has 8 heteroatoms. The summed E-state index contributed by atoms with van der Waals surface area (Å²) in [4.78, 5) is 21.8. The number of aromatic nitrogens is 2. The largest absolute Gasteiger partial charge is 0.416 e. The van der Waals surface area contributed by atoms with Crippen molar-refractivity contribution < 1.29 is 13.2 Å². The van der Waals surface area contributed by atoms with Gasteiger partial charge in [0.05, 0.1) is 16.5 Å². The number of anilines is 1. The minimum atomic E-state index is -4.34. The van der Waals surface area contributed by atoms with Gasteiger partial charge in [0.1, 0.15) is 5.82 Å². The molecule has 0 spiro atoms. The van der Waals surface area contributed by atoms with Gasteiger partial charge in [0.25, 0.3) is 5.56 Å². The lowest BCUT2D eigenvalue weighted by molar-refractivity contribution is -0.137. The topological polar surface area (TPSA) is 41.4 Å². The number of nitrogens with zero attached hydrogens (tertiary/aromatic N) is 4. The average Bonchev–Trinajstić information content (AvgIpc) is 2.78. The molecule has 0 bridgehead atoms. The zero-order chi connectivity index (χ0) is 22.0. The van der Waals surface area contributed by atoms with Crippen LogP contribution in [0.3, 0.4) is 0 Å². The van der Waals surface area contributed by atoms with E-state index >= 15 is 0 Å². The van der Waals surface area contributed by atoms with Crippen molar-refractivity contribution in [2.24, 2.45) is 0 Å². The number of rotatable bonds is 5. The Morgan fingerprint density at radius 3 is 2.42 bits per heavy atom. The fourth-order valence-corrected chi connectivity index (χ4v) is 4.06. The maximum Gasteiger partial charge on any atom is 0.416 e. The summed E-state index contributed by atoms with van der Waals surface area (Å²) in [5, 5.41) is 0.620. The van der Waals surface area contributed by atoms with E-state index in [0.717, 1.165) is 30.5 Å². The van der Waals surface area contributed by atoms with E-state index in [9.17, 15) is 18.0 Å². The third kappa shape index (κ3) is 4.58. The first-order valence-electron chi connectivity index (χ1n) is 10.5. The SMILES string of the molecule is CCc1nc2ccccc2c(=O)n1CCN1CCN(c2cccc(C(F)(F)F)c2)CC1. The Hall–Kier alpha value is -2.87. The Labute approximate surface area is 178 Å². The maximum absolute atomic E-state index is 13.0. The van der Waals surface area contributed by atoms with Crippen LogP contribution in [0.1, 0.15) is 18.3 Å². The number of aryl methyl sites for hydroxylation is 1. The van der Waals surface area contributed by atoms with Crippen molar-refractivity contribution in [3.05, 3.63) is 70.3 Å². The number of hydrogen-bond acceptors (Lipinski definition) is 4. The fraction of sp³-hybridized carbons (Fsp3) is 0.391. The molecule has 0 radical (unpaired) electrons. The van der Waals surface area contributed by atoms with Gasteiger partial charge in [-0.1, -0.05) is 25.1 Å². The van der Waals surface area contributed by atoms with Gasteiger partial charge in [-0.2, -0.15) is 13.2 Å². The van der Waals surface area contributed by atoms with E-state index in [1.54, 1.807) is 16.7 Å². The zero-order valence-corrected chi connectivity index (χ0v) is 17.4. The van der Waals surface area contributed by atoms with Gasteiger partial charge in [-0.15, -0.1) is 0 Å². The van der Waals surface area contributed by atoms with Crippen LogP contribution < -0.4 is 10.5 Å². The van der Waals surface area contributed by atoms with Crippen LogP contribution in [-0.2, 0) is 19.1 Å². The van der Waals surface area contributed by atoms with E-state index in [-0.39, 0.29) is 5.56 Å². The normalized spacial score (nSPS) is 15.5. The van der Waals surface area contributed by atoms with Crippen LogP contribution in [0.2, 0.25) is 0 Å². The Balaban J connectivity index is 1.41.